The van der Waals surface area contributed by atoms with E-state index in [1.165, 1.54) is 6.07 Å². The van der Waals surface area contributed by atoms with Crippen LogP contribution in [0.4, 0.5) is 4.39 Å². The van der Waals surface area contributed by atoms with Crippen LogP contribution in [0, 0.1) is 5.82 Å². The van der Waals surface area contributed by atoms with E-state index >= 15 is 0 Å². The van der Waals surface area contributed by atoms with Gasteiger partial charge in [-0.1, -0.05) is 54.6 Å². The van der Waals surface area contributed by atoms with Gasteiger partial charge in [0.2, 0.25) is 0 Å². The molecule has 0 radical (unpaired) electrons. The number of nitrogens with zero attached hydrogens (tertiary/aromatic N) is 1. The topological polar surface area (TPSA) is 3.24 Å². The largest absolute Gasteiger partial charge is 0.343 e. The highest BCUT2D eigenvalue weighted by molar-refractivity contribution is 9.12. The molecule has 0 atom stereocenters. The lowest BCUT2D eigenvalue weighted by Crippen LogP contribution is -2.21. The molecule has 2 aromatic carbocycles. The molecule has 1 aliphatic rings. The smallest absolute Gasteiger partial charge is 0.134 e. The van der Waals surface area contributed by atoms with Gasteiger partial charge in [0.1, 0.15) is 5.82 Å². The van der Waals surface area contributed by atoms with Crippen molar-refractivity contribution in [3.63, 3.8) is 0 Å². The summed E-state index contributed by atoms with van der Waals surface area (Å²) in [5, 5.41) is 0.375. The molecular weight excluding hydrogens is 377 g/mol. The Kier molecular flexibility index (Phi) is 4.42. The van der Waals surface area contributed by atoms with Gasteiger partial charge >= 0.3 is 0 Å². The first-order chi connectivity index (χ1) is 11.0. The molecule has 4 heteroatoms. The molecule has 116 valence electrons. The zero-order chi connectivity index (χ0) is 16.6. The van der Waals surface area contributed by atoms with E-state index in [-0.39, 0.29) is 5.82 Å². The van der Waals surface area contributed by atoms with Gasteiger partial charge in [-0.2, -0.15) is 0 Å². The second kappa shape index (κ2) is 6.34. The molecule has 0 saturated heterocycles. The molecular formula is C19H14BrClFN. The van der Waals surface area contributed by atoms with Crippen molar-refractivity contribution in [2.75, 3.05) is 7.05 Å². The van der Waals surface area contributed by atoms with Gasteiger partial charge in [-0.25, -0.2) is 4.39 Å². The Morgan fingerprint density at radius 3 is 2.43 bits per heavy atom. The molecule has 0 N–H and O–H groups in total. The van der Waals surface area contributed by atoms with Crippen LogP contribution in [0.15, 0.2) is 71.4 Å². The molecule has 3 rings (SSSR count). The van der Waals surface area contributed by atoms with E-state index in [9.17, 15) is 4.39 Å². The Bertz CT molecular complexity index is 819. The first-order valence-corrected chi connectivity index (χ1v) is 8.22. The Balaban J connectivity index is 2.36. The van der Waals surface area contributed by atoms with Crippen molar-refractivity contribution in [3.05, 3.63) is 93.3 Å². The van der Waals surface area contributed by atoms with Crippen LogP contribution in [0.2, 0.25) is 5.02 Å². The third kappa shape index (κ3) is 2.87. The highest BCUT2D eigenvalue weighted by Gasteiger charge is 2.26. The number of benzene rings is 2. The van der Waals surface area contributed by atoms with Gasteiger partial charge in [-0.3, -0.25) is 0 Å². The molecule has 0 bridgehead atoms. The minimum absolute atomic E-state index is 0.355. The minimum Gasteiger partial charge on any atom is -0.343 e. The lowest BCUT2D eigenvalue weighted by atomic mass is 9.95. The van der Waals surface area contributed by atoms with Gasteiger partial charge in [0.25, 0.3) is 0 Å². The van der Waals surface area contributed by atoms with E-state index in [0.717, 1.165) is 21.3 Å². The van der Waals surface area contributed by atoms with Crippen LogP contribution in [-0.2, 0) is 0 Å². The van der Waals surface area contributed by atoms with Crippen molar-refractivity contribution in [1.82, 2.24) is 4.90 Å². The maximum Gasteiger partial charge on any atom is 0.134 e. The van der Waals surface area contributed by atoms with Crippen LogP contribution in [-0.4, -0.2) is 11.9 Å². The molecule has 1 aliphatic heterocycles. The monoisotopic (exact) mass is 389 g/mol. The van der Waals surface area contributed by atoms with Gasteiger partial charge < -0.3 is 4.90 Å². The highest BCUT2D eigenvalue weighted by Crippen LogP contribution is 2.42. The molecule has 1 heterocycles. The van der Waals surface area contributed by atoms with Gasteiger partial charge in [0.05, 0.1) is 16.3 Å². The fourth-order valence-corrected chi connectivity index (χ4v) is 3.37. The SMILES string of the molecule is C=C1C(Br)=CC(c2ccccc2)=C(c2c(F)cccc2Cl)N1C. The third-order valence-corrected chi connectivity index (χ3v) is 4.83. The maximum absolute atomic E-state index is 14.5. The number of rotatable bonds is 2. The lowest BCUT2D eigenvalue weighted by molar-refractivity contribution is 0.587. The van der Waals surface area contributed by atoms with Crippen LogP contribution in [0.25, 0.3) is 11.3 Å². The zero-order valence-corrected chi connectivity index (χ0v) is 14.8. The second-order valence-electron chi connectivity index (χ2n) is 5.22. The fraction of sp³-hybridized carbons (Fsp3) is 0.0526. The Morgan fingerprint density at radius 1 is 1.09 bits per heavy atom. The van der Waals surface area contributed by atoms with Gasteiger partial charge in [0, 0.05) is 22.8 Å². The Labute approximate surface area is 148 Å². The quantitative estimate of drug-likeness (QED) is 0.600. The normalized spacial score (nSPS) is 15.0. The van der Waals surface area contributed by atoms with Crippen LogP contribution in [0.1, 0.15) is 11.1 Å². The number of hydrogen-bond acceptors (Lipinski definition) is 1. The van der Waals surface area contributed by atoms with Crippen molar-refractivity contribution in [2.45, 2.75) is 0 Å². The molecule has 0 amide bonds. The molecule has 0 aromatic heterocycles. The van der Waals surface area contributed by atoms with Crippen LogP contribution >= 0.6 is 27.5 Å². The molecule has 0 spiro atoms. The zero-order valence-electron chi connectivity index (χ0n) is 12.5. The third-order valence-electron chi connectivity index (χ3n) is 3.83. The van der Waals surface area contributed by atoms with Crippen molar-refractivity contribution in [2.24, 2.45) is 0 Å². The van der Waals surface area contributed by atoms with E-state index in [4.69, 9.17) is 11.6 Å². The van der Waals surface area contributed by atoms with Crippen LogP contribution < -0.4 is 0 Å². The number of hydrogen-bond donors (Lipinski definition) is 0. The minimum atomic E-state index is -0.355. The van der Waals surface area contributed by atoms with E-state index in [0.29, 0.717) is 16.3 Å². The summed E-state index contributed by atoms with van der Waals surface area (Å²) in [6, 6.07) is 14.5. The van der Waals surface area contributed by atoms with E-state index in [1.807, 2.05) is 48.4 Å². The average Bonchev–Trinajstić information content (AvgIpc) is 2.55. The van der Waals surface area contributed by atoms with E-state index in [1.54, 1.807) is 12.1 Å². The van der Waals surface area contributed by atoms with Crippen molar-refractivity contribution in [1.29, 1.82) is 0 Å². The van der Waals surface area contributed by atoms with Crippen LogP contribution in [0.5, 0.6) is 0 Å². The summed E-state index contributed by atoms with van der Waals surface area (Å²) >= 11 is 9.83. The molecule has 0 aliphatic carbocycles. The summed E-state index contributed by atoms with van der Waals surface area (Å²) in [6.07, 6.45) is 1.95. The summed E-state index contributed by atoms with van der Waals surface area (Å²) in [4.78, 5) is 1.86. The number of allylic oxidation sites excluding steroid dienone is 3. The Morgan fingerprint density at radius 2 is 1.78 bits per heavy atom. The Hall–Kier alpha value is -1.84. The summed E-state index contributed by atoms with van der Waals surface area (Å²) in [7, 11) is 1.86. The number of halogens is 3. The average molecular weight is 391 g/mol. The van der Waals surface area contributed by atoms with Gasteiger partial charge in [0.15, 0.2) is 0 Å². The fourth-order valence-electron chi connectivity index (χ4n) is 2.62. The van der Waals surface area contributed by atoms with E-state index in [2.05, 4.69) is 22.5 Å². The highest BCUT2D eigenvalue weighted by atomic mass is 79.9. The summed E-state index contributed by atoms with van der Waals surface area (Å²) in [5.74, 6) is -0.355. The molecule has 1 nitrogen and oxygen atoms in total. The van der Waals surface area contributed by atoms with Crippen LogP contribution in [0.3, 0.4) is 0 Å². The standard InChI is InChI=1S/C19H14BrClFN/c1-12-15(20)11-14(13-7-4-3-5-8-13)19(23(12)2)18-16(21)9-6-10-17(18)22/h3-11H,1H2,2H3. The van der Waals surface area contributed by atoms with Gasteiger partial charge in [-0.05, 0) is 39.7 Å². The molecule has 0 unspecified atom stereocenters. The predicted octanol–water partition coefficient (Wildman–Crippen LogP) is 6.09. The predicted molar refractivity (Wildman–Crippen MR) is 98.6 cm³/mol. The first-order valence-electron chi connectivity index (χ1n) is 7.05. The first kappa shape index (κ1) is 16.0. The molecule has 0 saturated carbocycles. The van der Waals surface area contributed by atoms with Crippen molar-refractivity contribution in [3.8, 4) is 0 Å². The van der Waals surface area contributed by atoms with Crippen molar-refractivity contribution < 1.29 is 4.39 Å². The lowest BCUT2D eigenvalue weighted by Gasteiger charge is -2.32. The summed E-state index contributed by atoms with van der Waals surface area (Å²) in [5.41, 5.74) is 3.71. The van der Waals surface area contributed by atoms with Crippen molar-refractivity contribution >= 4 is 38.8 Å². The number of likely N-dealkylation sites (N-methyl/N-ethyl adjacent to an activating group) is 1. The summed E-state index contributed by atoms with van der Waals surface area (Å²) < 4.78 is 15.4. The van der Waals surface area contributed by atoms with E-state index < -0.39 is 0 Å². The van der Waals surface area contributed by atoms with Gasteiger partial charge in [-0.15, -0.1) is 0 Å². The summed E-state index contributed by atoms with van der Waals surface area (Å²) in [6.45, 7) is 4.05. The molecule has 0 fully saturated rings. The maximum atomic E-state index is 14.5. The molecule has 23 heavy (non-hydrogen) atoms. The second-order valence-corrected chi connectivity index (χ2v) is 6.48. The molecule has 2 aromatic rings.